The van der Waals surface area contributed by atoms with E-state index in [0.29, 0.717) is 5.82 Å². The minimum atomic E-state index is 0.515. The summed E-state index contributed by atoms with van der Waals surface area (Å²) in [6.45, 7) is 2.05. The van der Waals surface area contributed by atoms with E-state index in [1.54, 1.807) is 6.20 Å². The molecule has 0 saturated heterocycles. The van der Waals surface area contributed by atoms with Gasteiger partial charge in [-0.25, -0.2) is 4.98 Å². The number of anilines is 3. The maximum Gasteiger partial charge on any atom is 0.147 e. The monoisotopic (exact) mass is 199 g/mol. The third-order valence-corrected chi connectivity index (χ3v) is 2.25. The zero-order chi connectivity index (χ0) is 10.7. The van der Waals surface area contributed by atoms with Crippen molar-refractivity contribution in [2.75, 3.05) is 11.1 Å². The van der Waals surface area contributed by atoms with Crippen LogP contribution in [0.15, 0.2) is 42.6 Å². The average molecular weight is 199 g/mol. The lowest BCUT2D eigenvalue weighted by atomic mass is 10.2. The lowest BCUT2D eigenvalue weighted by Crippen LogP contribution is -1.99. The first kappa shape index (κ1) is 9.52. The Balaban J connectivity index is 2.30. The van der Waals surface area contributed by atoms with Crippen LogP contribution in [-0.2, 0) is 0 Å². The molecule has 0 bridgehead atoms. The van der Waals surface area contributed by atoms with E-state index < -0.39 is 0 Å². The van der Waals surface area contributed by atoms with Gasteiger partial charge in [0.15, 0.2) is 0 Å². The second kappa shape index (κ2) is 4.00. The highest BCUT2D eigenvalue weighted by molar-refractivity contribution is 5.70. The van der Waals surface area contributed by atoms with E-state index >= 15 is 0 Å². The molecule has 0 saturated carbocycles. The molecule has 76 valence electrons. The predicted molar refractivity (Wildman–Crippen MR) is 63.1 cm³/mol. The highest BCUT2D eigenvalue weighted by Crippen LogP contribution is 2.22. The Labute approximate surface area is 89.0 Å². The third kappa shape index (κ3) is 2.07. The zero-order valence-electron chi connectivity index (χ0n) is 8.57. The van der Waals surface area contributed by atoms with Crippen molar-refractivity contribution >= 4 is 17.2 Å². The lowest BCUT2D eigenvalue weighted by molar-refractivity contribution is 1.32. The zero-order valence-corrected chi connectivity index (χ0v) is 8.57. The Morgan fingerprint density at radius 3 is 2.53 bits per heavy atom. The summed E-state index contributed by atoms with van der Waals surface area (Å²) in [7, 11) is 0. The Hall–Kier alpha value is -2.03. The number of nitrogen functional groups attached to an aromatic ring is 1. The molecule has 0 aliphatic rings. The molecule has 0 atom stereocenters. The molecular formula is C12H13N3. The van der Waals surface area contributed by atoms with Gasteiger partial charge < -0.3 is 11.1 Å². The Bertz CT molecular complexity index is 422. The van der Waals surface area contributed by atoms with Gasteiger partial charge in [-0.1, -0.05) is 18.2 Å². The van der Waals surface area contributed by atoms with Gasteiger partial charge >= 0.3 is 0 Å². The van der Waals surface area contributed by atoms with Crippen molar-refractivity contribution in [3.63, 3.8) is 0 Å². The summed E-state index contributed by atoms with van der Waals surface area (Å²) >= 11 is 0. The van der Waals surface area contributed by atoms with Gasteiger partial charge in [-0.3, -0.25) is 0 Å². The second-order valence-electron chi connectivity index (χ2n) is 3.38. The quantitative estimate of drug-likeness (QED) is 0.781. The fourth-order valence-electron chi connectivity index (χ4n) is 1.38. The normalized spacial score (nSPS) is 9.93. The molecule has 3 N–H and O–H groups in total. The van der Waals surface area contributed by atoms with Gasteiger partial charge in [0, 0.05) is 11.9 Å². The van der Waals surface area contributed by atoms with E-state index in [1.807, 2.05) is 30.3 Å². The number of benzene rings is 1. The van der Waals surface area contributed by atoms with Crippen molar-refractivity contribution in [2.45, 2.75) is 6.92 Å². The van der Waals surface area contributed by atoms with Crippen molar-refractivity contribution in [1.82, 2.24) is 4.98 Å². The first-order chi connectivity index (χ1) is 7.27. The number of rotatable bonds is 2. The molecule has 1 aromatic heterocycles. The van der Waals surface area contributed by atoms with Crippen molar-refractivity contribution in [2.24, 2.45) is 0 Å². The van der Waals surface area contributed by atoms with Gasteiger partial charge in [0.2, 0.25) is 0 Å². The number of aromatic nitrogens is 1. The Kier molecular flexibility index (Phi) is 2.54. The molecule has 0 aliphatic carbocycles. The third-order valence-electron chi connectivity index (χ3n) is 2.25. The van der Waals surface area contributed by atoms with E-state index in [1.165, 1.54) is 5.56 Å². The van der Waals surface area contributed by atoms with E-state index in [-0.39, 0.29) is 0 Å². The molecule has 3 heteroatoms. The van der Waals surface area contributed by atoms with Gasteiger partial charge in [-0.15, -0.1) is 0 Å². The Morgan fingerprint density at radius 2 is 1.80 bits per heavy atom. The van der Waals surface area contributed by atoms with Crippen LogP contribution in [0.3, 0.4) is 0 Å². The largest absolute Gasteiger partial charge is 0.382 e. The van der Waals surface area contributed by atoms with E-state index in [4.69, 9.17) is 5.73 Å². The van der Waals surface area contributed by atoms with Crippen LogP contribution in [0.2, 0.25) is 0 Å². The number of nitrogens with two attached hydrogens (primary N) is 1. The van der Waals surface area contributed by atoms with Gasteiger partial charge in [0.1, 0.15) is 5.82 Å². The minimum Gasteiger partial charge on any atom is -0.382 e. The SMILES string of the molecule is Cc1ccccc1Nc1cccnc1N. The Morgan fingerprint density at radius 1 is 1.07 bits per heavy atom. The summed E-state index contributed by atoms with van der Waals surface area (Å²) in [5.41, 5.74) is 8.82. The lowest BCUT2D eigenvalue weighted by Gasteiger charge is -2.10. The smallest absolute Gasteiger partial charge is 0.147 e. The topological polar surface area (TPSA) is 50.9 Å². The van der Waals surface area contributed by atoms with Crippen LogP contribution in [-0.4, -0.2) is 4.98 Å². The van der Waals surface area contributed by atoms with Crippen LogP contribution in [0.25, 0.3) is 0 Å². The average Bonchev–Trinajstić information content (AvgIpc) is 2.24. The molecule has 0 aliphatic heterocycles. The van der Waals surface area contributed by atoms with Crippen molar-refractivity contribution in [1.29, 1.82) is 0 Å². The number of nitrogens with one attached hydrogen (secondary N) is 1. The number of pyridine rings is 1. The van der Waals surface area contributed by atoms with Crippen molar-refractivity contribution in [3.05, 3.63) is 48.2 Å². The van der Waals surface area contributed by atoms with Gasteiger partial charge in [0.05, 0.1) is 5.69 Å². The van der Waals surface area contributed by atoms with E-state index in [0.717, 1.165) is 11.4 Å². The number of para-hydroxylation sites is 1. The molecule has 1 aromatic carbocycles. The van der Waals surface area contributed by atoms with E-state index in [9.17, 15) is 0 Å². The van der Waals surface area contributed by atoms with Crippen LogP contribution in [0.4, 0.5) is 17.2 Å². The fourth-order valence-corrected chi connectivity index (χ4v) is 1.38. The van der Waals surface area contributed by atoms with Crippen LogP contribution in [0, 0.1) is 6.92 Å². The molecular weight excluding hydrogens is 186 g/mol. The molecule has 2 aromatic rings. The number of hydrogen-bond donors (Lipinski definition) is 2. The van der Waals surface area contributed by atoms with Gasteiger partial charge in [-0.2, -0.15) is 0 Å². The summed E-state index contributed by atoms with van der Waals surface area (Å²) in [5.74, 6) is 0.515. The van der Waals surface area contributed by atoms with E-state index in [2.05, 4.69) is 23.3 Å². The van der Waals surface area contributed by atoms with Crippen LogP contribution in [0.1, 0.15) is 5.56 Å². The van der Waals surface area contributed by atoms with Crippen LogP contribution < -0.4 is 11.1 Å². The summed E-state index contributed by atoms with van der Waals surface area (Å²) in [4.78, 5) is 4.02. The van der Waals surface area contributed by atoms with Gasteiger partial charge in [-0.05, 0) is 30.7 Å². The second-order valence-corrected chi connectivity index (χ2v) is 3.38. The molecule has 1 heterocycles. The number of aryl methyl sites for hydroxylation is 1. The van der Waals surface area contributed by atoms with Crippen molar-refractivity contribution in [3.8, 4) is 0 Å². The first-order valence-electron chi connectivity index (χ1n) is 4.80. The minimum absolute atomic E-state index is 0.515. The maximum absolute atomic E-state index is 5.74. The van der Waals surface area contributed by atoms with Crippen molar-refractivity contribution < 1.29 is 0 Å². The molecule has 0 spiro atoms. The van der Waals surface area contributed by atoms with Crippen LogP contribution >= 0.6 is 0 Å². The highest BCUT2D eigenvalue weighted by Gasteiger charge is 2.00. The molecule has 15 heavy (non-hydrogen) atoms. The summed E-state index contributed by atoms with van der Waals surface area (Å²) in [6, 6.07) is 11.8. The number of hydrogen-bond acceptors (Lipinski definition) is 3. The molecule has 0 fully saturated rings. The maximum atomic E-state index is 5.74. The molecule has 2 rings (SSSR count). The fraction of sp³-hybridized carbons (Fsp3) is 0.0833. The molecule has 0 radical (unpaired) electrons. The molecule has 3 nitrogen and oxygen atoms in total. The van der Waals surface area contributed by atoms with Crippen LogP contribution in [0.5, 0.6) is 0 Å². The summed E-state index contributed by atoms with van der Waals surface area (Å²) in [5, 5.41) is 3.25. The summed E-state index contributed by atoms with van der Waals surface area (Å²) < 4.78 is 0. The van der Waals surface area contributed by atoms with Gasteiger partial charge in [0.25, 0.3) is 0 Å². The standard InChI is InChI=1S/C12H13N3/c1-9-5-2-3-6-10(9)15-11-7-4-8-14-12(11)13/h2-8,15H,1H3,(H2,13,14). The predicted octanol–water partition coefficient (Wildman–Crippen LogP) is 2.72. The first-order valence-corrected chi connectivity index (χ1v) is 4.80. The highest BCUT2D eigenvalue weighted by atomic mass is 15.0. The molecule has 0 amide bonds. The number of nitrogens with zero attached hydrogens (tertiary/aromatic N) is 1. The summed E-state index contributed by atoms with van der Waals surface area (Å²) in [6.07, 6.45) is 1.68. The molecule has 0 unspecified atom stereocenters.